The number of aromatic nitrogens is 1. The van der Waals surface area contributed by atoms with Crippen molar-refractivity contribution in [1.29, 1.82) is 0 Å². The van der Waals surface area contributed by atoms with E-state index in [4.69, 9.17) is 4.74 Å². The maximum absolute atomic E-state index is 13.6. The Hall–Kier alpha value is -3.32. The molecule has 4 rings (SSSR count). The van der Waals surface area contributed by atoms with Gasteiger partial charge in [0, 0.05) is 17.3 Å². The largest absolute Gasteiger partial charge is 0.508 e. The Morgan fingerprint density at radius 2 is 1.79 bits per heavy atom. The summed E-state index contributed by atoms with van der Waals surface area (Å²) < 4.78 is 6.90. The first-order chi connectivity index (χ1) is 14.0. The quantitative estimate of drug-likeness (QED) is 0.652. The molecule has 0 fully saturated rings. The van der Waals surface area contributed by atoms with E-state index < -0.39 is 8.80 Å². The number of nitrogens with one attached hydrogen (secondary N) is 1. The van der Waals surface area contributed by atoms with E-state index in [9.17, 15) is 9.90 Å². The average molecular weight is 406 g/mol. The molecule has 0 radical (unpaired) electrons. The van der Waals surface area contributed by atoms with Crippen LogP contribution in [-0.4, -0.2) is 37.6 Å². The topological polar surface area (TPSA) is 75.8 Å². The number of fused-ring (bicyclic) bond motifs is 1. The fourth-order valence-corrected chi connectivity index (χ4v) is 4.31. The Kier molecular flexibility index (Phi) is 4.98. The van der Waals surface area contributed by atoms with Crippen LogP contribution in [0.3, 0.4) is 0 Å². The predicted molar refractivity (Wildman–Crippen MR) is 120 cm³/mol. The summed E-state index contributed by atoms with van der Waals surface area (Å²) in [6.45, 7) is 4.43. The molecule has 2 heterocycles. The first-order valence-electron chi connectivity index (χ1n) is 9.51. The van der Waals surface area contributed by atoms with Gasteiger partial charge >= 0.3 is 0 Å². The fourth-order valence-electron chi connectivity index (χ4n) is 3.39. The Labute approximate surface area is 170 Å². The lowest BCUT2D eigenvalue weighted by Crippen LogP contribution is -2.37. The number of rotatable bonds is 4. The lowest BCUT2D eigenvalue weighted by molar-refractivity contribution is 0.415. The van der Waals surface area contributed by atoms with E-state index in [1.165, 1.54) is 0 Å². The van der Waals surface area contributed by atoms with Crippen molar-refractivity contribution < 1.29 is 9.84 Å². The van der Waals surface area contributed by atoms with Crippen LogP contribution < -0.4 is 15.6 Å². The number of aromatic hydroxyl groups is 1. The number of anilines is 1. The van der Waals surface area contributed by atoms with Gasteiger partial charge in [-0.2, -0.15) is 0 Å². The molecule has 6 nitrogen and oxygen atoms in total. The van der Waals surface area contributed by atoms with E-state index in [0.29, 0.717) is 11.3 Å². The number of hydrogen-bond donors (Lipinski definition) is 2. The van der Waals surface area contributed by atoms with Gasteiger partial charge < -0.3 is 15.2 Å². The van der Waals surface area contributed by atoms with Crippen molar-refractivity contribution in [2.45, 2.75) is 18.9 Å². The molecule has 3 aromatic rings. The molecule has 1 aliphatic rings. The van der Waals surface area contributed by atoms with Gasteiger partial charge in [0.15, 0.2) is 0 Å². The van der Waals surface area contributed by atoms with Crippen LogP contribution in [0.4, 0.5) is 5.82 Å². The Balaban J connectivity index is 1.94. The molecule has 2 aromatic carbocycles. The Morgan fingerprint density at radius 3 is 2.41 bits per heavy atom. The predicted octanol–water partition coefficient (Wildman–Crippen LogP) is 3.42. The van der Waals surface area contributed by atoms with E-state index in [0.717, 1.165) is 22.7 Å². The lowest BCUT2D eigenvalue weighted by atomic mass is 10.0. The van der Waals surface area contributed by atoms with Gasteiger partial charge in [-0.3, -0.25) is 14.4 Å². The molecule has 148 valence electrons. The molecule has 0 saturated heterocycles. The highest BCUT2D eigenvalue weighted by molar-refractivity contribution is 6.58. The number of nitrogens with zero attached hydrogens (tertiary/aromatic N) is 2. The van der Waals surface area contributed by atoms with Crippen LogP contribution in [-0.2, 0) is 0 Å². The van der Waals surface area contributed by atoms with Crippen LogP contribution in [0, 0.1) is 0 Å². The molecule has 1 aromatic heterocycles. The van der Waals surface area contributed by atoms with Crippen LogP contribution >= 0.6 is 0 Å². The number of benzene rings is 2. The number of methoxy groups -OCH3 is 1. The summed E-state index contributed by atoms with van der Waals surface area (Å²) in [4.78, 5) is 18.2. The van der Waals surface area contributed by atoms with Gasteiger partial charge in [-0.15, -0.1) is 0 Å². The van der Waals surface area contributed by atoms with Gasteiger partial charge in [0.1, 0.15) is 23.1 Å². The molecule has 2 N–H and O–H groups in total. The van der Waals surface area contributed by atoms with Crippen molar-refractivity contribution in [1.82, 2.24) is 4.57 Å². The van der Waals surface area contributed by atoms with Crippen LogP contribution in [0.1, 0.15) is 5.56 Å². The molecular weight excluding hydrogens is 382 g/mol. The van der Waals surface area contributed by atoms with Crippen molar-refractivity contribution in [3.05, 3.63) is 70.5 Å². The molecule has 29 heavy (non-hydrogen) atoms. The van der Waals surface area contributed by atoms with Crippen LogP contribution in [0.2, 0.25) is 13.1 Å². The minimum absolute atomic E-state index is 0.0251. The highest BCUT2D eigenvalue weighted by atomic mass is 28.3. The molecule has 0 saturated carbocycles. The summed E-state index contributed by atoms with van der Waals surface area (Å²) in [6, 6.07) is 16.0. The number of ether oxygens (including phenoxy) is 1. The third-order valence-electron chi connectivity index (χ3n) is 5.03. The van der Waals surface area contributed by atoms with E-state index in [1.807, 2.05) is 36.5 Å². The smallest absolute Gasteiger partial charge is 0.264 e. The zero-order valence-corrected chi connectivity index (χ0v) is 17.7. The Morgan fingerprint density at radius 1 is 1.10 bits per heavy atom. The van der Waals surface area contributed by atoms with Crippen molar-refractivity contribution in [3.8, 4) is 28.3 Å². The summed E-state index contributed by atoms with van der Waals surface area (Å²) in [5, 5.41) is 13.1. The Bertz CT molecular complexity index is 1120. The number of phenols is 1. The maximum atomic E-state index is 13.6. The maximum Gasteiger partial charge on any atom is 0.264 e. The van der Waals surface area contributed by atoms with Crippen LogP contribution in [0.15, 0.2) is 64.4 Å². The summed E-state index contributed by atoms with van der Waals surface area (Å²) in [5.74, 6) is 1.65. The minimum Gasteiger partial charge on any atom is -0.508 e. The number of aliphatic imine (C=N–C) groups is 1. The molecule has 0 aliphatic carbocycles. The molecule has 1 atom stereocenters. The van der Waals surface area contributed by atoms with Crippen molar-refractivity contribution >= 4 is 20.8 Å². The van der Waals surface area contributed by atoms with Crippen LogP contribution in [0.25, 0.3) is 16.8 Å². The van der Waals surface area contributed by atoms with Gasteiger partial charge in [0.05, 0.1) is 21.6 Å². The summed E-state index contributed by atoms with van der Waals surface area (Å²) in [7, 11) is 0.505. The van der Waals surface area contributed by atoms with E-state index in [2.05, 4.69) is 23.4 Å². The van der Waals surface area contributed by atoms with Gasteiger partial charge in [-0.25, -0.2) is 0 Å². The van der Waals surface area contributed by atoms with E-state index in [-0.39, 0.29) is 17.1 Å². The van der Waals surface area contributed by atoms with Gasteiger partial charge in [-0.1, -0.05) is 25.2 Å². The molecule has 0 bridgehead atoms. The third kappa shape index (κ3) is 3.56. The second-order valence-electron chi connectivity index (χ2n) is 7.36. The minimum atomic E-state index is -1.11. The van der Waals surface area contributed by atoms with Crippen molar-refractivity contribution in [2.75, 3.05) is 12.4 Å². The second kappa shape index (κ2) is 7.60. The normalized spacial score (nSPS) is 15.1. The monoisotopic (exact) mass is 405 g/mol. The zero-order valence-electron chi connectivity index (χ0n) is 16.6. The standard InChI is InChI=1S/C22H23N3O3Si/c1-28-18-10-4-14(5-11-18)19-12-15-13-23-22(29(2)3)24-20(15)25(21(19)27)16-6-8-17(26)9-7-16/h4-13,22,24,26,29H,1-3H3. The zero-order chi connectivity index (χ0) is 20.5. The summed E-state index contributed by atoms with van der Waals surface area (Å²) in [5.41, 5.74) is 2.79. The van der Waals surface area contributed by atoms with E-state index in [1.54, 1.807) is 35.9 Å². The molecule has 0 spiro atoms. The van der Waals surface area contributed by atoms with Gasteiger partial charge in [0.2, 0.25) is 0 Å². The van der Waals surface area contributed by atoms with Crippen molar-refractivity contribution in [3.63, 3.8) is 0 Å². The lowest BCUT2D eigenvalue weighted by Gasteiger charge is -2.27. The first-order valence-corrected chi connectivity index (χ1v) is 12.5. The van der Waals surface area contributed by atoms with Gasteiger partial charge in [0.25, 0.3) is 5.56 Å². The third-order valence-corrected chi connectivity index (χ3v) is 6.63. The SMILES string of the molecule is COc1ccc(-c2cc3c(n(-c4ccc(O)cc4)c2=O)NC([SiH](C)C)N=C3)cc1. The molecule has 1 aliphatic heterocycles. The van der Waals surface area contributed by atoms with E-state index >= 15 is 0 Å². The molecule has 1 unspecified atom stereocenters. The average Bonchev–Trinajstić information content (AvgIpc) is 2.74. The number of phenolic OH excluding ortho intramolecular Hbond substituents is 1. The number of pyridine rings is 1. The fraction of sp³-hybridized carbons (Fsp3) is 0.182. The highest BCUT2D eigenvalue weighted by Crippen LogP contribution is 2.28. The molecule has 0 amide bonds. The summed E-state index contributed by atoms with van der Waals surface area (Å²) >= 11 is 0. The second-order valence-corrected chi connectivity index (χ2v) is 10.5. The highest BCUT2D eigenvalue weighted by Gasteiger charge is 2.23. The number of hydrogen-bond acceptors (Lipinski definition) is 5. The van der Waals surface area contributed by atoms with Crippen LogP contribution in [0.5, 0.6) is 11.5 Å². The molecular formula is C22H23N3O3Si. The summed E-state index contributed by atoms with van der Waals surface area (Å²) in [6.07, 6.45) is 1.85. The van der Waals surface area contributed by atoms with Crippen molar-refractivity contribution in [2.24, 2.45) is 4.99 Å². The molecule has 7 heteroatoms. The van der Waals surface area contributed by atoms with Gasteiger partial charge in [-0.05, 0) is 48.0 Å². The first kappa shape index (κ1) is 19.0.